The predicted octanol–water partition coefficient (Wildman–Crippen LogP) is -0.345. The van der Waals surface area contributed by atoms with E-state index < -0.39 is 75.0 Å². The van der Waals surface area contributed by atoms with E-state index in [2.05, 4.69) is 0 Å². The van der Waals surface area contributed by atoms with Crippen LogP contribution in [0.25, 0.3) is 0 Å². The lowest BCUT2D eigenvalue weighted by Gasteiger charge is -2.40. The maximum absolute atomic E-state index is 12.4. The summed E-state index contributed by atoms with van der Waals surface area (Å²) in [5.74, 6) is -16.1. The molecule has 1 aromatic rings. The van der Waals surface area contributed by atoms with Gasteiger partial charge in [0.15, 0.2) is 0 Å². The Morgan fingerprint density at radius 2 is 1.17 bits per heavy atom. The lowest BCUT2D eigenvalue weighted by molar-refractivity contribution is -0.156. The first-order chi connectivity index (χ1) is 13.9. The fraction of sp³-hybridized carbons (Fsp3) is 0.111. The number of hydrogen-bond acceptors (Lipinski definition) is 6. The van der Waals surface area contributed by atoms with Crippen LogP contribution in [-0.4, -0.2) is 66.5 Å². The van der Waals surface area contributed by atoms with E-state index in [4.69, 9.17) is 0 Å². The minimum atomic E-state index is -3.26. The molecule has 1 aromatic carbocycles. The van der Waals surface area contributed by atoms with Gasteiger partial charge in [0, 0.05) is 0 Å². The van der Waals surface area contributed by atoms with E-state index in [9.17, 15) is 59.4 Å². The first-order valence-corrected chi connectivity index (χ1v) is 7.84. The van der Waals surface area contributed by atoms with Crippen molar-refractivity contribution < 1.29 is 59.4 Å². The summed E-state index contributed by atoms with van der Waals surface area (Å²) in [7, 11) is 0. The van der Waals surface area contributed by atoms with Gasteiger partial charge >= 0.3 is 35.8 Å². The average Bonchev–Trinajstić information content (AvgIpc) is 2.65. The zero-order valence-corrected chi connectivity index (χ0v) is 14.6. The van der Waals surface area contributed by atoms with E-state index in [0.29, 0.717) is 0 Å². The van der Waals surface area contributed by atoms with Crippen LogP contribution < -0.4 is 0 Å². The van der Waals surface area contributed by atoms with Crippen molar-refractivity contribution in [1.29, 1.82) is 0 Å². The van der Waals surface area contributed by atoms with Gasteiger partial charge in [0.2, 0.25) is 0 Å². The van der Waals surface area contributed by atoms with Gasteiger partial charge in [-0.2, -0.15) is 0 Å². The second-order valence-electron chi connectivity index (χ2n) is 6.01. The first kappa shape index (κ1) is 21.8. The van der Waals surface area contributed by atoms with Gasteiger partial charge < -0.3 is 30.6 Å². The molecule has 12 nitrogen and oxygen atoms in total. The highest BCUT2D eigenvalue weighted by molar-refractivity contribution is 6.21. The van der Waals surface area contributed by atoms with Gasteiger partial charge in [-0.1, -0.05) is 30.3 Å². The van der Waals surface area contributed by atoms with E-state index in [-0.39, 0.29) is 0 Å². The van der Waals surface area contributed by atoms with Crippen LogP contribution in [-0.2, 0) is 34.2 Å². The number of rotatable bonds is 7. The van der Waals surface area contributed by atoms with Gasteiger partial charge in [0.1, 0.15) is 11.3 Å². The second-order valence-corrected chi connectivity index (χ2v) is 6.01. The number of benzene rings is 1. The molecule has 12 heteroatoms. The van der Waals surface area contributed by atoms with Crippen LogP contribution in [0.15, 0.2) is 52.6 Å². The fourth-order valence-electron chi connectivity index (χ4n) is 3.58. The Labute approximate surface area is 165 Å². The van der Waals surface area contributed by atoms with Crippen LogP contribution in [0.4, 0.5) is 0 Å². The molecule has 0 heterocycles. The first-order valence-electron chi connectivity index (χ1n) is 7.84. The molecule has 0 saturated heterocycles. The molecular formula is C18H12O12. The molecule has 0 spiro atoms. The summed E-state index contributed by atoms with van der Waals surface area (Å²) in [5, 5.41) is 57.8. The van der Waals surface area contributed by atoms with Crippen LogP contribution in [0, 0.1) is 5.92 Å². The molecule has 1 aliphatic rings. The molecule has 0 amide bonds. The minimum absolute atomic E-state index is 0.566. The molecule has 2 unspecified atom stereocenters. The minimum Gasteiger partial charge on any atom is -0.481 e. The van der Waals surface area contributed by atoms with Gasteiger partial charge in [-0.15, -0.1) is 0 Å². The van der Waals surface area contributed by atoms with Crippen molar-refractivity contribution in [2.24, 2.45) is 5.92 Å². The molecule has 156 valence electrons. The van der Waals surface area contributed by atoms with Gasteiger partial charge in [0.25, 0.3) is 0 Å². The van der Waals surface area contributed by atoms with Crippen molar-refractivity contribution in [1.82, 2.24) is 0 Å². The number of carbonyl (C=O) groups is 6. The summed E-state index contributed by atoms with van der Waals surface area (Å²) in [5.41, 5.74) is -10.3. The average molecular weight is 420 g/mol. The van der Waals surface area contributed by atoms with Gasteiger partial charge in [-0.05, 0) is 5.56 Å². The summed E-state index contributed by atoms with van der Waals surface area (Å²) in [4.78, 5) is 71.8. The zero-order valence-electron chi connectivity index (χ0n) is 14.6. The molecule has 0 saturated carbocycles. The molecule has 2 rings (SSSR count). The quantitative estimate of drug-likeness (QED) is 0.333. The fourth-order valence-corrected chi connectivity index (χ4v) is 3.58. The smallest absolute Gasteiger partial charge is 0.337 e. The summed E-state index contributed by atoms with van der Waals surface area (Å²) in [6, 6.07) is 5.68. The highest BCUT2D eigenvalue weighted by Crippen LogP contribution is 2.50. The Kier molecular flexibility index (Phi) is 5.46. The number of hydrogen-bond donors (Lipinski definition) is 6. The van der Waals surface area contributed by atoms with Crippen molar-refractivity contribution in [2.75, 3.05) is 0 Å². The number of carboxylic acid groups (broad SMARTS) is 6. The predicted molar refractivity (Wildman–Crippen MR) is 91.5 cm³/mol. The van der Waals surface area contributed by atoms with Crippen LogP contribution in [0.5, 0.6) is 0 Å². The van der Waals surface area contributed by atoms with Crippen LogP contribution >= 0.6 is 0 Å². The molecule has 2 atom stereocenters. The van der Waals surface area contributed by atoms with Gasteiger partial charge in [-0.3, -0.25) is 9.59 Å². The standard InChI is InChI=1S/C18H12O12/c19-12(20)7-8(13(21)22)10(15(25)26)18(17(29)30,6-4-2-1-3-5-6)11(16(27)28)9(7)14(23)24/h1-5,10H,(H,19,20)(H,21,22)(H,23,24)(H,25,26)(H,27,28)(H,29,30). The van der Waals surface area contributed by atoms with E-state index in [1.807, 2.05) is 0 Å². The maximum atomic E-state index is 12.4. The molecule has 0 fully saturated rings. The Hall–Kier alpha value is -4.48. The normalized spacial score (nSPS) is 21.1. The van der Waals surface area contributed by atoms with Crippen LogP contribution in [0.3, 0.4) is 0 Å². The van der Waals surface area contributed by atoms with Gasteiger partial charge in [-0.25, -0.2) is 19.2 Å². The van der Waals surface area contributed by atoms with Crippen molar-refractivity contribution in [3.05, 3.63) is 58.2 Å². The largest absolute Gasteiger partial charge is 0.481 e. The monoisotopic (exact) mass is 420 g/mol. The third-order valence-electron chi connectivity index (χ3n) is 4.57. The van der Waals surface area contributed by atoms with E-state index in [1.54, 1.807) is 0 Å². The van der Waals surface area contributed by atoms with Crippen molar-refractivity contribution >= 4 is 35.8 Å². The van der Waals surface area contributed by atoms with Crippen molar-refractivity contribution in [3.63, 3.8) is 0 Å². The van der Waals surface area contributed by atoms with E-state index in [1.165, 1.54) is 18.2 Å². The topological polar surface area (TPSA) is 224 Å². The summed E-state index contributed by atoms with van der Waals surface area (Å²) < 4.78 is 0. The SMILES string of the molecule is O=C(O)C1=C(C(=O)O)C(C(=O)O)C(C(=O)O)(c2ccccc2)C(C(=O)O)=C1C(=O)O. The summed E-state index contributed by atoms with van der Waals surface area (Å²) in [6.07, 6.45) is 0. The second kappa shape index (κ2) is 7.50. The van der Waals surface area contributed by atoms with Crippen molar-refractivity contribution in [2.45, 2.75) is 5.41 Å². The molecule has 6 N–H and O–H groups in total. The number of carboxylic acids is 6. The van der Waals surface area contributed by atoms with E-state index >= 15 is 0 Å². The molecule has 0 aromatic heterocycles. The third kappa shape index (κ3) is 2.96. The lowest BCUT2D eigenvalue weighted by atomic mass is 9.57. The zero-order chi connectivity index (χ0) is 23.0. The molecule has 0 aliphatic heterocycles. The van der Waals surface area contributed by atoms with Crippen LogP contribution in [0.1, 0.15) is 5.56 Å². The lowest BCUT2D eigenvalue weighted by Crippen LogP contribution is -2.55. The molecule has 30 heavy (non-hydrogen) atoms. The molecular weight excluding hydrogens is 408 g/mol. The highest BCUT2D eigenvalue weighted by atomic mass is 16.4. The third-order valence-corrected chi connectivity index (χ3v) is 4.57. The Morgan fingerprint density at radius 3 is 1.50 bits per heavy atom. The van der Waals surface area contributed by atoms with Crippen molar-refractivity contribution in [3.8, 4) is 0 Å². The number of aliphatic carboxylic acids is 6. The Morgan fingerprint density at radius 1 is 0.667 bits per heavy atom. The molecule has 0 radical (unpaired) electrons. The summed E-state index contributed by atoms with van der Waals surface area (Å²) in [6.45, 7) is 0. The summed E-state index contributed by atoms with van der Waals surface area (Å²) >= 11 is 0. The Balaban J connectivity index is 3.34. The highest BCUT2D eigenvalue weighted by Gasteiger charge is 2.64. The van der Waals surface area contributed by atoms with Crippen LogP contribution in [0.2, 0.25) is 0 Å². The molecule has 1 aliphatic carbocycles. The maximum Gasteiger partial charge on any atom is 0.337 e. The van der Waals surface area contributed by atoms with E-state index in [0.717, 1.165) is 12.1 Å². The van der Waals surface area contributed by atoms with Gasteiger partial charge in [0.05, 0.1) is 22.3 Å². The Bertz CT molecular complexity index is 1060. The molecule has 0 bridgehead atoms.